The summed E-state index contributed by atoms with van der Waals surface area (Å²) in [6.45, 7) is 5.19. The first kappa shape index (κ1) is 15.8. The fraction of sp³-hybridized carbons (Fsp3) is 0.636. The van der Waals surface area contributed by atoms with E-state index in [1.54, 1.807) is 27.8 Å². The van der Waals surface area contributed by atoms with Crippen LogP contribution in [0.25, 0.3) is 0 Å². The molecule has 5 nitrogen and oxygen atoms in total. The Morgan fingerprint density at radius 1 is 1.35 bits per heavy atom. The highest BCUT2D eigenvalue weighted by Crippen LogP contribution is 2.06. The number of amides is 1. The Bertz CT molecular complexity index is 308. The van der Waals surface area contributed by atoms with E-state index < -0.39 is 11.6 Å². The Labute approximate surface area is 107 Å². The van der Waals surface area contributed by atoms with Gasteiger partial charge in [0.05, 0.1) is 6.42 Å². The number of ether oxygens (including phenoxy) is 1. The first-order valence-corrected chi connectivity index (χ1v) is 5.79. The van der Waals surface area contributed by atoms with Crippen LogP contribution in [0, 0.1) is 0 Å². The highest BCUT2D eigenvalue weighted by atomic mass is 32.1. The molecule has 0 aliphatic heterocycles. The van der Waals surface area contributed by atoms with E-state index in [1.807, 2.05) is 0 Å². The van der Waals surface area contributed by atoms with Gasteiger partial charge in [0.2, 0.25) is 5.91 Å². The third-order valence-corrected chi connectivity index (χ3v) is 1.99. The Balaban J connectivity index is 3.97. The lowest BCUT2D eigenvalue weighted by atomic mass is 10.2. The van der Waals surface area contributed by atoms with Gasteiger partial charge in [0.1, 0.15) is 12.1 Å². The van der Waals surface area contributed by atoms with Gasteiger partial charge in [0.25, 0.3) is 0 Å². The van der Waals surface area contributed by atoms with E-state index in [0.29, 0.717) is 5.70 Å². The van der Waals surface area contributed by atoms with Crippen LogP contribution in [0.15, 0.2) is 11.1 Å². The molecule has 0 radical (unpaired) electrons. The number of carbonyl (C=O) groups excluding carboxylic acids is 2. The molecule has 0 aromatic rings. The highest BCUT2D eigenvalue weighted by Gasteiger charge is 2.16. The average Bonchev–Trinajstić information content (AvgIpc) is 2.20. The molecule has 6 heteroatoms. The molecule has 0 saturated carbocycles. The van der Waals surface area contributed by atoms with Crippen LogP contribution in [0.1, 0.15) is 27.2 Å². The summed E-state index contributed by atoms with van der Waals surface area (Å²) in [5, 5.41) is 6.80. The van der Waals surface area contributed by atoms with Crippen molar-refractivity contribution in [3.63, 3.8) is 0 Å². The molecule has 0 aliphatic carbocycles. The lowest BCUT2D eigenvalue weighted by Crippen LogP contribution is -2.35. The SMILES string of the molecule is CN/C(=C\S)CC(=O)NCC(=O)OC(C)(C)C. The van der Waals surface area contributed by atoms with E-state index in [2.05, 4.69) is 23.3 Å². The summed E-state index contributed by atoms with van der Waals surface area (Å²) in [5.41, 5.74) is 0.137. The summed E-state index contributed by atoms with van der Waals surface area (Å²) < 4.78 is 5.05. The van der Waals surface area contributed by atoms with Crippen molar-refractivity contribution in [1.29, 1.82) is 0 Å². The van der Waals surface area contributed by atoms with Crippen LogP contribution in [-0.2, 0) is 14.3 Å². The fourth-order valence-electron chi connectivity index (χ4n) is 0.982. The third kappa shape index (κ3) is 8.62. The van der Waals surface area contributed by atoms with Crippen molar-refractivity contribution in [2.75, 3.05) is 13.6 Å². The number of rotatable bonds is 5. The molecular weight excluding hydrogens is 240 g/mol. The molecular formula is C11H20N2O3S. The van der Waals surface area contributed by atoms with Gasteiger partial charge in [-0.2, -0.15) is 0 Å². The molecule has 0 unspecified atom stereocenters. The summed E-state index contributed by atoms with van der Waals surface area (Å²) in [4.78, 5) is 22.7. The van der Waals surface area contributed by atoms with Gasteiger partial charge in [-0.05, 0) is 26.2 Å². The molecule has 0 saturated heterocycles. The van der Waals surface area contributed by atoms with E-state index in [1.165, 1.54) is 5.41 Å². The van der Waals surface area contributed by atoms with Gasteiger partial charge >= 0.3 is 5.97 Å². The first-order valence-electron chi connectivity index (χ1n) is 5.28. The van der Waals surface area contributed by atoms with Gasteiger partial charge < -0.3 is 15.4 Å². The number of nitrogens with one attached hydrogen (secondary N) is 2. The Hall–Kier alpha value is -1.17. The van der Waals surface area contributed by atoms with E-state index >= 15 is 0 Å². The second-order valence-corrected chi connectivity index (χ2v) is 4.70. The van der Waals surface area contributed by atoms with Crippen molar-refractivity contribution < 1.29 is 14.3 Å². The van der Waals surface area contributed by atoms with Gasteiger partial charge in [-0.25, -0.2) is 0 Å². The topological polar surface area (TPSA) is 67.4 Å². The van der Waals surface area contributed by atoms with Gasteiger partial charge in [0, 0.05) is 12.7 Å². The molecule has 17 heavy (non-hydrogen) atoms. The summed E-state index contributed by atoms with van der Waals surface area (Å²) >= 11 is 3.94. The molecule has 0 atom stereocenters. The van der Waals surface area contributed by atoms with Crippen LogP contribution in [-0.4, -0.2) is 31.1 Å². The normalized spacial score (nSPS) is 11.9. The van der Waals surface area contributed by atoms with E-state index in [4.69, 9.17) is 4.74 Å². The lowest BCUT2D eigenvalue weighted by Gasteiger charge is -2.19. The number of thiol groups is 1. The van der Waals surface area contributed by atoms with Crippen LogP contribution in [0.4, 0.5) is 0 Å². The first-order chi connectivity index (χ1) is 7.78. The third-order valence-electron chi connectivity index (χ3n) is 1.68. The van der Waals surface area contributed by atoms with Crippen molar-refractivity contribution >= 4 is 24.5 Å². The lowest BCUT2D eigenvalue weighted by molar-refractivity contribution is -0.154. The maximum Gasteiger partial charge on any atom is 0.325 e. The molecule has 0 aromatic carbocycles. The maximum atomic E-state index is 11.4. The molecule has 0 spiro atoms. The van der Waals surface area contributed by atoms with Crippen molar-refractivity contribution in [3.05, 3.63) is 11.1 Å². The van der Waals surface area contributed by atoms with Gasteiger partial charge in [0.15, 0.2) is 0 Å². The molecule has 0 fully saturated rings. The van der Waals surface area contributed by atoms with Crippen LogP contribution >= 0.6 is 12.6 Å². The zero-order chi connectivity index (χ0) is 13.5. The summed E-state index contributed by atoms with van der Waals surface area (Å²) in [6.07, 6.45) is 0.156. The van der Waals surface area contributed by atoms with Crippen LogP contribution < -0.4 is 10.6 Å². The Morgan fingerprint density at radius 2 is 1.94 bits per heavy atom. The second kappa shape index (κ2) is 7.21. The molecule has 0 bridgehead atoms. The van der Waals surface area contributed by atoms with Crippen molar-refractivity contribution in [2.24, 2.45) is 0 Å². The quantitative estimate of drug-likeness (QED) is 0.506. The minimum atomic E-state index is -0.539. The van der Waals surface area contributed by atoms with Crippen LogP contribution in [0.2, 0.25) is 0 Å². The molecule has 98 valence electrons. The predicted molar refractivity (Wildman–Crippen MR) is 69.6 cm³/mol. The predicted octanol–water partition coefficient (Wildman–Crippen LogP) is 0.825. The van der Waals surface area contributed by atoms with E-state index in [0.717, 1.165) is 0 Å². The van der Waals surface area contributed by atoms with Gasteiger partial charge in [-0.3, -0.25) is 9.59 Å². The standard InChI is InChI=1S/C11H20N2O3S/c1-11(2,3)16-10(15)6-13-9(14)5-8(7-17)12-4/h7,12,17H,5-6H2,1-4H3,(H,13,14)/b8-7-. The largest absolute Gasteiger partial charge is 0.459 e. The summed E-state index contributed by atoms with van der Waals surface area (Å²) in [5.74, 6) is -0.711. The smallest absolute Gasteiger partial charge is 0.325 e. The fourth-order valence-corrected chi connectivity index (χ4v) is 1.20. The zero-order valence-corrected chi connectivity index (χ0v) is 11.6. The van der Waals surface area contributed by atoms with Crippen molar-refractivity contribution in [2.45, 2.75) is 32.8 Å². The summed E-state index contributed by atoms with van der Waals surface area (Å²) in [6, 6.07) is 0. The molecule has 0 rings (SSSR count). The Morgan fingerprint density at radius 3 is 2.35 bits per heavy atom. The number of esters is 1. The van der Waals surface area contributed by atoms with Crippen LogP contribution in [0.5, 0.6) is 0 Å². The maximum absolute atomic E-state index is 11.4. The Kier molecular flexibility index (Phi) is 6.72. The van der Waals surface area contributed by atoms with Crippen molar-refractivity contribution in [1.82, 2.24) is 10.6 Å². The molecule has 0 aliphatic rings. The summed E-state index contributed by atoms with van der Waals surface area (Å²) in [7, 11) is 1.70. The minimum absolute atomic E-state index is 0.125. The monoisotopic (exact) mass is 260 g/mol. The van der Waals surface area contributed by atoms with Crippen molar-refractivity contribution in [3.8, 4) is 0 Å². The van der Waals surface area contributed by atoms with Gasteiger partial charge in [-0.15, -0.1) is 12.6 Å². The average molecular weight is 260 g/mol. The number of hydrogen-bond donors (Lipinski definition) is 3. The highest BCUT2D eigenvalue weighted by molar-refractivity contribution is 7.83. The zero-order valence-electron chi connectivity index (χ0n) is 10.7. The number of carbonyl (C=O) groups is 2. The number of hydrogen-bond acceptors (Lipinski definition) is 5. The molecule has 2 N–H and O–H groups in total. The van der Waals surface area contributed by atoms with Crippen LogP contribution in [0.3, 0.4) is 0 Å². The van der Waals surface area contributed by atoms with E-state index in [9.17, 15) is 9.59 Å². The molecule has 0 heterocycles. The molecule has 0 aromatic heterocycles. The van der Waals surface area contributed by atoms with E-state index in [-0.39, 0.29) is 18.9 Å². The minimum Gasteiger partial charge on any atom is -0.459 e. The molecule has 1 amide bonds. The van der Waals surface area contributed by atoms with Gasteiger partial charge in [-0.1, -0.05) is 0 Å². The second-order valence-electron chi connectivity index (χ2n) is 4.44.